The normalized spacial score (nSPS) is 12.1. The molecule has 2 aromatic carbocycles. The van der Waals surface area contributed by atoms with E-state index < -0.39 is 32.3 Å². The first kappa shape index (κ1) is 22.5. The van der Waals surface area contributed by atoms with Crippen LogP contribution in [0.4, 0.5) is 17.6 Å². The zero-order chi connectivity index (χ0) is 23.8. The zero-order valence-electron chi connectivity index (χ0n) is 16.7. The van der Waals surface area contributed by atoms with Gasteiger partial charge in [0.2, 0.25) is 9.84 Å². The van der Waals surface area contributed by atoms with E-state index in [9.17, 15) is 30.8 Å². The fourth-order valence-corrected chi connectivity index (χ4v) is 4.46. The maximum absolute atomic E-state index is 14.2. The summed E-state index contributed by atoms with van der Waals surface area (Å²) in [5, 5.41) is 2.70. The van der Waals surface area contributed by atoms with Gasteiger partial charge in [-0.15, -0.1) is 0 Å². The molecule has 0 atom stereocenters. The SMILES string of the molecule is O=C(NCc1ccc(S(=O)(=O)c2ccc(C(F)(F)F)cc2F)cc1)c1ccc2nccn2c1. The molecule has 0 bridgehead atoms. The molecule has 0 aliphatic heterocycles. The van der Waals surface area contributed by atoms with Gasteiger partial charge in [0.1, 0.15) is 16.4 Å². The number of nitrogens with zero attached hydrogens (tertiary/aromatic N) is 2. The van der Waals surface area contributed by atoms with Crippen LogP contribution in [0.2, 0.25) is 0 Å². The van der Waals surface area contributed by atoms with E-state index in [0.29, 0.717) is 28.9 Å². The van der Waals surface area contributed by atoms with E-state index in [-0.39, 0.29) is 23.4 Å². The number of halogens is 4. The van der Waals surface area contributed by atoms with Crippen LogP contribution in [0.1, 0.15) is 21.5 Å². The Morgan fingerprint density at radius 1 is 1.03 bits per heavy atom. The third-order valence-corrected chi connectivity index (χ3v) is 6.69. The molecule has 4 aromatic rings. The molecule has 1 N–H and O–H groups in total. The lowest BCUT2D eigenvalue weighted by Gasteiger charge is -2.11. The number of nitrogens with one attached hydrogen (secondary N) is 1. The van der Waals surface area contributed by atoms with Crippen molar-refractivity contribution in [3.05, 3.63) is 95.7 Å². The van der Waals surface area contributed by atoms with Crippen molar-refractivity contribution in [1.29, 1.82) is 0 Å². The molecule has 33 heavy (non-hydrogen) atoms. The maximum Gasteiger partial charge on any atom is 0.416 e. The number of alkyl halides is 3. The lowest BCUT2D eigenvalue weighted by Crippen LogP contribution is -2.23. The minimum absolute atomic E-state index is 0.0930. The van der Waals surface area contributed by atoms with Crippen molar-refractivity contribution in [3.63, 3.8) is 0 Å². The lowest BCUT2D eigenvalue weighted by molar-refractivity contribution is -0.137. The van der Waals surface area contributed by atoms with Crippen molar-refractivity contribution in [2.24, 2.45) is 0 Å². The molecule has 2 heterocycles. The molecule has 0 saturated carbocycles. The van der Waals surface area contributed by atoms with Gasteiger partial charge in [-0.2, -0.15) is 13.2 Å². The highest BCUT2D eigenvalue weighted by Gasteiger charge is 2.32. The van der Waals surface area contributed by atoms with Gasteiger partial charge in [0.15, 0.2) is 0 Å². The van der Waals surface area contributed by atoms with Crippen molar-refractivity contribution < 1.29 is 30.8 Å². The van der Waals surface area contributed by atoms with Gasteiger partial charge in [-0.05, 0) is 48.0 Å². The quantitative estimate of drug-likeness (QED) is 0.436. The summed E-state index contributed by atoms with van der Waals surface area (Å²) in [7, 11) is -4.38. The average Bonchev–Trinajstić information content (AvgIpc) is 3.25. The smallest absolute Gasteiger partial charge is 0.348 e. The summed E-state index contributed by atoms with van der Waals surface area (Å²) in [6.07, 6.45) is 0.125. The van der Waals surface area contributed by atoms with Gasteiger partial charge in [-0.3, -0.25) is 4.79 Å². The number of sulfone groups is 1. The molecule has 6 nitrogen and oxygen atoms in total. The number of pyridine rings is 1. The minimum Gasteiger partial charge on any atom is -0.348 e. The van der Waals surface area contributed by atoms with Gasteiger partial charge in [0.25, 0.3) is 5.91 Å². The van der Waals surface area contributed by atoms with Gasteiger partial charge in [0.05, 0.1) is 16.0 Å². The molecule has 11 heteroatoms. The Labute approximate surface area is 185 Å². The van der Waals surface area contributed by atoms with E-state index in [1.165, 1.54) is 24.3 Å². The standard InChI is InChI=1S/C22H15F4N3O3S/c23-18-11-16(22(24,25)26)4-7-19(18)33(31,32)17-5-1-14(2-6-17)12-28-21(30)15-3-8-20-27-9-10-29(20)13-15/h1-11,13H,12H2,(H,28,30). The summed E-state index contributed by atoms with van der Waals surface area (Å²) in [5.41, 5.74) is 0.376. The minimum atomic E-state index is -4.79. The summed E-state index contributed by atoms with van der Waals surface area (Å²) in [4.78, 5) is 15.3. The Kier molecular flexibility index (Phi) is 5.66. The van der Waals surface area contributed by atoms with Crippen LogP contribution >= 0.6 is 0 Å². The number of fused-ring (bicyclic) bond motifs is 1. The molecule has 0 unspecified atom stereocenters. The summed E-state index contributed by atoms with van der Waals surface area (Å²) < 4.78 is 79.3. The first-order valence-electron chi connectivity index (χ1n) is 9.47. The number of benzene rings is 2. The topological polar surface area (TPSA) is 80.5 Å². The predicted molar refractivity (Wildman–Crippen MR) is 110 cm³/mol. The second kappa shape index (κ2) is 8.32. The van der Waals surface area contributed by atoms with E-state index in [1.807, 2.05) is 0 Å². The number of hydrogen-bond donors (Lipinski definition) is 1. The van der Waals surface area contributed by atoms with Crippen LogP contribution in [0.5, 0.6) is 0 Å². The maximum atomic E-state index is 14.2. The highest BCUT2D eigenvalue weighted by molar-refractivity contribution is 7.91. The summed E-state index contributed by atoms with van der Waals surface area (Å²) in [6, 6.07) is 9.82. The molecular formula is C22H15F4N3O3S. The number of carbonyl (C=O) groups is 1. The Morgan fingerprint density at radius 2 is 1.76 bits per heavy atom. The number of rotatable bonds is 5. The average molecular weight is 477 g/mol. The highest BCUT2D eigenvalue weighted by atomic mass is 32.2. The fourth-order valence-electron chi connectivity index (χ4n) is 3.15. The number of aromatic nitrogens is 2. The van der Waals surface area contributed by atoms with Gasteiger partial charge >= 0.3 is 6.18 Å². The fraction of sp³-hybridized carbons (Fsp3) is 0.0909. The van der Waals surface area contributed by atoms with Gasteiger partial charge < -0.3 is 9.72 Å². The van der Waals surface area contributed by atoms with E-state index >= 15 is 0 Å². The number of imidazole rings is 1. The van der Waals surface area contributed by atoms with E-state index in [2.05, 4.69) is 10.3 Å². The predicted octanol–water partition coefficient (Wildman–Crippen LogP) is 4.26. The first-order valence-corrected chi connectivity index (χ1v) is 11.0. The van der Waals surface area contributed by atoms with Crippen molar-refractivity contribution in [3.8, 4) is 0 Å². The monoisotopic (exact) mass is 477 g/mol. The van der Waals surface area contributed by atoms with Crippen molar-refractivity contribution >= 4 is 21.4 Å². The highest BCUT2D eigenvalue weighted by Crippen LogP contribution is 2.32. The van der Waals surface area contributed by atoms with Gasteiger partial charge in [-0.25, -0.2) is 17.8 Å². The molecule has 0 radical (unpaired) electrons. The molecule has 2 aromatic heterocycles. The third kappa shape index (κ3) is 4.58. The van der Waals surface area contributed by atoms with Crippen molar-refractivity contribution in [2.75, 3.05) is 0 Å². The molecule has 0 aliphatic carbocycles. The van der Waals surface area contributed by atoms with Crippen LogP contribution < -0.4 is 5.32 Å². The third-order valence-electron chi connectivity index (χ3n) is 4.89. The second-order valence-electron chi connectivity index (χ2n) is 7.08. The van der Waals surface area contributed by atoms with Gasteiger partial charge in [-0.1, -0.05) is 12.1 Å². The Morgan fingerprint density at radius 3 is 2.42 bits per heavy atom. The van der Waals surface area contributed by atoms with E-state index in [0.717, 1.165) is 0 Å². The summed E-state index contributed by atoms with van der Waals surface area (Å²) in [5.74, 6) is -1.84. The molecule has 1 amide bonds. The Bertz CT molecular complexity index is 1450. The molecule has 170 valence electrons. The van der Waals surface area contributed by atoms with Crippen molar-refractivity contribution in [2.45, 2.75) is 22.5 Å². The molecule has 0 spiro atoms. The van der Waals surface area contributed by atoms with Crippen LogP contribution in [0.15, 0.2) is 83.0 Å². The second-order valence-corrected chi connectivity index (χ2v) is 9.00. The zero-order valence-corrected chi connectivity index (χ0v) is 17.5. The van der Waals surface area contributed by atoms with Crippen LogP contribution in [-0.2, 0) is 22.6 Å². The van der Waals surface area contributed by atoms with Crippen LogP contribution in [0, 0.1) is 5.82 Å². The summed E-state index contributed by atoms with van der Waals surface area (Å²) >= 11 is 0. The van der Waals surface area contributed by atoms with Crippen molar-refractivity contribution in [1.82, 2.24) is 14.7 Å². The van der Waals surface area contributed by atoms with Crippen LogP contribution in [0.3, 0.4) is 0 Å². The van der Waals surface area contributed by atoms with E-state index in [4.69, 9.17) is 0 Å². The first-order chi connectivity index (χ1) is 15.6. The largest absolute Gasteiger partial charge is 0.416 e. The Hall–Kier alpha value is -3.73. The number of hydrogen-bond acceptors (Lipinski definition) is 4. The molecule has 0 aliphatic rings. The van der Waals surface area contributed by atoms with Gasteiger partial charge in [0, 0.05) is 25.1 Å². The molecule has 0 saturated heterocycles. The molecular weight excluding hydrogens is 462 g/mol. The molecule has 4 rings (SSSR count). The van der Waals surface area contributed by atoms with Crippen LogP contribution in [-0.4, -0.2) is 23.7 Å². The lowest BCUT2D eigenvalue weighted by atomic mass is 10.2. The Balaban J connectivity index is 1.47. The number of amides is 1. The van der Waals surface area contributed by atoms with E-state index in [1.54, 1.807) is 35.1 Å². The summed E-state index contributed by atoms with van der Waals surface area (Å²) in [6.45, 7) is 0.0930. The molecule has 0 fully saturated rings. The number of carbonyl (C=O) groups excluding carboxylic acids is 1. The van der Waals surface area contributed by atoms with Crippen LogP contribution in [0.25, 0.3) is 5.65 Å².